The number of piperazine rings is 1. The maximum atomic E-state index is 13.1. The Labute approximate surface area is 108 Å². The highest BCUT2D eigenvalue weighted by atomic mass is 79.9. The monoisotopic (exact) mass is 300 g/mol. The molecule has 17 heavy (non-hydrogen) atoms. The molecule has 1 N–H and O–H groups in total. The van der Waals surface area contributed by atoms with Gasteiger partial charge in [-0.1, -0.05) is 6.07 Å². The Kier molecular flexibility index (Phi) is 3.79. The molecule has 0 radical (unpaired) electrons. The van der Waals surface area contributed by atoms with Crippen molar-refractivity contribution in [3.63, 3.8) is 0 Å². The second-order valence-corrected chi connectivity index (χ2v) is 5.04. The average Bonchev–Trinajstić information content (AvgIpc) is 2.30. The van der Waals surface area contributed by atoms with Gasteiger partial charge in [0.05, 0.1) is 10.5 Å². The molecule has 0 aromatic heterocycles. The normalized spacial score (nSPS) is 21.4. The van der Waals surface area contributed by atoms with Crippen molar-refractivity contribution in [3.05, 3.63) is 34.1 Å². The van der Waals surface area contributed by atoms with Crippen LogP contribution >= 0.6 is 15.9 Å². The first-order valence-corrected chi connectivity index (χ1v) is 6.33. The number of rotatable bonds is 2. The molecule has 1 fully saturated rings. The van der Waals surface area contributed by atoms with Crippen LogP contribution in [0.3, 0.4) is 0 Å². The molecule has 1 saturated heterocycles. The quantitative estimate of drug-likeness (QED) is 0.905. The van der Waals surface area contributed by atoms with E-state index in [9.17, 15) is 9.18 Å². The number of amides is 1. The summed E-state index contributed by atoms with van der Waals surface area (Å²) in [5.41, 5.74) is 1.000. The highest BCUT2D eigenvalue weighted by Crippen LogP contribution is 2.19. The summed E-state index contributed by atoms with van der Waals surface area (Å²) in [4.78, 5) is 13.6. The van der Waals surface area contributed by atoms with E-state index < -0.39 is 0 Å². The summed E-state index contributed by atoms with van der Waals surface area (Å²) < 4.78 is 13.6. The van der Waals surface area contributed by atoms with Crippen LogP contribution in [-0.2, 0) is 11.3 Å². The van der Waals surface area contributed by atoms with Crippen molar-refractivity contribution < 1.29 is 9.18 Å². The zero-order valence-electron chi connectivity index (χ0n) is 9.54. The first kappa shape index (κ1) is 12.5. The van der Waals surface area contributed by atoms with E-state index in [-0.39, 0.29) is 17.8 Å². The maximum absolute atomic E-state index is 13.1. The fourth-order valence-corrected chi connectivity index (χ4v) is 2.34. The molecular weight excluding hydrogens is 287 g/mol. The molecular formula is C12H14BrFN2O. The van der Waals surface area contributed by atoms with Gasteiger partial charge < -0.3 is 5.32 Å². The molecule has 1 aliphatic heterocycles. The lowest BCUT2D eigenvalue weighted by Crippen LogP contribution is -2.53. The van der Waals surface area contributed by atoms with Crippen LogP contribution in [0.5, 0.6) is 0 Å². The van der Waals surface area contributed by atoms with Crippen molar-refractivity contribution in [2.24, 2.45) is 0 Å². The van der Waals surface area contributed by atoms with E-state index in [0.29, 0.717) is 17.6 Å². The standard InChI is InChI=1S/C12H14BrFN2O/c1-8-12(17)15-4-5-16(8)7-9-2-3-11(14)10(13)6-9/h2-3,6,8H,4-5,7H2,1H3,(H,15,17). The van der Waals surface area contributed by atoms with E-state index in [1.54, 1.807) is 12.1 Å². The fraction of sp³-hybridized carbons (Fsp3) is 0.417. The lowest BCUT2D eigenvalue weighted by Gasteiger charge is -2.32. The van der Waals surface area contributed by atoms with Gasteiger partial charge in [-0.25, -0.2) is 4.39 Å². The summed E-state index contributed by atoms with van der Waals surface area (Å²) in [6, 6.07) is 4.81. The summed E-state index contributed by atoms with van der Waals surface area (Å²) >= 11 is 3.17. The lowest BCUT2D eigenvalue weighted by atomic mass is 10.1. The summed E-state index contributed by atoms with van der Waals surface area (Å²) in [5.74, 6) is -0.212. The maximum Gasteiger partial charge on any atom is 0.237 e. The summed E-state index contributed by atoms with van der Waals surface area (Å²) in [6.07, 6.45) is 0. The molecule has 0 spiro atoms. The number of hydrogen-bond donors (Lipinski definition) is 1. The van der Waals surface area contributed by atoms with Crippen LogP contribution in [0, 0.1) is 5.82 Å². The van der Waals surface area contributed by atoms with Gasteiger partial charge in [-0.3, -0.25) is 9.69 Å². The van der Waals surface area contributed by atoms with Gasteiger partial charge in [0.25, 0.3) is 0 Å². The van der Waals surface area contributed by atoms with Crippen LogP contribution in [0.4, 0.5) is 4.39 Å². The van der Waals surface area contributed by atoms with Gasteiger partial charge in [-0.15, -0.1) is 0 Å². The van der Waals surface area contributed by atoms with Crippen LogP contribution in [0.15, 0.2) is 22.7 Å². The molecule has 1 aliphatic rings. The Balaban J connectivity index is 2.09. The third kappa shape index (κ3) is 2.84. The van der Waals surface area contributed by atoms with Crippen molar-refractivity contribution in [2.45, 2.75) is 19.5 Å². The topological polar surface area (TPSA) is 32.3 Å². The number of benzene rings is 1. The van der Waals surface area contributed by atoms with E-state index in [0.717, 1.165) is 12.1 Å². The number of carbonyl (C=O) groups is 1. The van der Waals surface area contributed by atoms with Crippen molar-refractivity contribution in [3.8, 4) is 0 Å². The third-order valence-corrected chi connectivity index (χ3v) is 3.60. The van der Waals surface area contributed by atoms with Gasteiger partial charge in [0, 0.05) is 19.6 Å². The first-order valence-electron chi connectivity index (χ1n) is 5.53. The zero-order chi connectivity index (χ0) is 12.4. The number of carbonyl (C=O) groups excluding carboxylic acids is 1. The molecule has 0 saturated carbocycles. The largest absolute Gasteiger partial charge is 0.353 e. The predicted molar refractivity (Wildman–Crippen MR) is 67.0 cm³/mol. The molecule has 0 aliphatic carbocycles. The van der Waals surface area contributed by atoms with Gasteiger partial charge in [0.2, 0.25) is 5.91 Å². The minimum atomic E-state index is -0.266. The molecule has 92 valence electrons. The minimum absolute atomic E-state index is 0.0532. The second-order valence-electron chi connectivity index (χ2n) is 4.19. The highest BCUT2D eigenvalue weighted by Gasteiger charge is 2.25. The second kappa shape index (κ2) is 5.14. The number of hydrogen-bond acceptors (Lipinski definition) is 2. The van der Waals surface area contributed by atoms with Crippen molar-refractivity contribution in [1.29, 1.82) is 0 Å². The van der Waals surface area contributed by atoms with Gasteiger partial charge in [0.15, 0.2) is 0 Å². The Hall–Kier alpha value is -0.940. The molecule has 2 rings (SSSR count). The Bertz CT molecular complexity index is 439. The molecule has 5 heteroatoms. The van der Waals surface area contributed by atoms with Crippen LogP contribution < -0.4 is 5.32 Å². The van der Waals surface area contributed by atoms with E-state index >= 15 is 0 Å². The molecule has 1 aromatic carbocycles. The lowest BCUT2D eigenvalue weighted by molar-refractivity contribution is -0.128. The van der Waals surface area contributed by atoms with Crippen molar-refractivity contribution in [2.75, 3.05) is 13.1 Å². The Morgan fingerprint density at radius 1 is 1.59 bits per heavy atom. The Morgan fingerprint density at radius 2 is 2.35 bits per heavy atom. The van der Waals surface area contributed by atoms with Gasteiger partial charge in [-0.2, -0.15) is 0 Å². The van der Waals surface area contributed by atoms with Crippen molar-refractivity contribution in [1.82, 2.24) is 10.2 Å². The SMILES string of the molecule is CC1C(=O)NCCN1Cc1ccc(F)c(Br)c1. The highest BCUT2D eigenvalue weighted by molar-refractivity contribution is 9.10. The average molecular weight is 301 g/mol. The fourth-order valence-electron chi connectivity index (χ4n) is 1.92. The predicted octanol–water partition coefficient (Wildman–Crippen LogP) is 1.91. The van der Waals surface area contributed by atoms with Gasteiger partial charge >= 0.3 is 0 Å². The smallest absolute Gasteiger partial charge is 0.237 e. The minimum Gasteiger partial charge on any atom is -0.353 e. The van der Waals surface area contributed by atoms with Crippen LogP contribution in [0.2, 0.25) is 0 Å². The zero-order valence-corrected chi connectivity index (χ0v) is 11.1. The van der Waals surface area contributed by atoms with E-state index in [2.05, 4.69) is 26.1 Å². The van der Waals surface area contributed by atoms with Crippen LogP contribution in [0.1, 0.15) is 12.5 Å². The molecule has 1 heterocycles. The molecule has 1 unspecified atom stereocenters. The number of nitrogens with one attached hydrogen (secondary N) is 1. The molecule has 3 nitrogen and oxygen atoms in total. The van der Waals surface area contributed by atoms with E-state index in [4.69, 9.17) is 0 Å². The molecule has 1 aromatic rings. The van der Waals surface area contributed by atoms with Crippen LogP contribution in [-0.4, -0.2) is 29.9 Å². The van der Waals surface area contributed by atoms with Crippen LogP contribution in [0.25, 0.3) is 0 Å². The third-order valence-electron chi connectivity index (χ3n) is 3.00. The summed E-state index contributed by atoms with van der Waals surface area (Å²) in [5, 5.41) is 2.82. The van der Waals surface area contributed by atoms with E-state index in [1.165, 1.54) is 6.07 Å². The first-order chi connectivity index (χ1) is 8.08. The molecule has 1 atom stereocenters. The van der Waals surface area contributed by atoms with E-state index in [1.807, 2.05) is 6.92 Å². The molecule has 1 amide bonds. The molecule has 0 bridgehead atoms. The number of nitrogens with zero attached hydrogens (tertiary/aromatic N) is 1. The Morgan fingerprint density at radius 3 is 3.06 bits per heavy atom. The number of halogens is 2. The van der Waals surface area contributed by atoms with Crippen molar-refractivity contribution >= 4 is 21.8 Å². The summed E-state index contributed by atoms with van der Waals surface area (Å²) in [6.45, 7) is 4.04. The summed E-state index contributed by atoms with van der Waals surface area (Å²) in [7, 11) is 0. The van der Waals surface area contributed by atoms with Gasteiger partial charge in [-0.05, 0) is 40.5 Å². The van der Waals surface area contributed by atoms with Gasteiger partial charge in [0.1, 0.15) is 5.82 Å².